The fraction of sp³-hybridized carbons (Fsp3) is 0.444. The Balaban J connectivity index is 1.35. The molecule has 0 radical (unpaired) electrons. The van der Waals surface area contributed by atoms with Crippen molar-refractivity contribution >= 4 is 0 Å². The van der Waals surface area contributed by atoms with Crippen LogP contribution in [-0.4, -0.2) is 17.5 Å². The van der Waals surface area contributed by atoms with Crippen molar-refractivity contribution in [1.82, 2.24) is 10.2 Å². The van der Waals surface area contributed by atoms with Crippen LogP contribution in [0.25, 0.3) is 0 Å². The van der Waals surface area contributed by atoms with E-state index in [9.17, 15) is 0 Å². The zero-order valence-corrected chi connectivity index (χ0v) is 12.3. The number of nitrogens with zero attached hydrogens (tertiary/aromatic N) is 1. The van der Waals surface area contributed by atoms with Gasteiger partial charge in [-0.15, -0.1) is 0 Å². The van der Waals surface area contributed by atoms with Gasteiger partial charge in [0.2, 0.25) is 0 Å². The Bertz CT molecular complexity index is 615. The lowest BCUT2D eigenvalue weighted by atomic mass is 10.00. The Morgan fingerprint density at radius 3 is 2.90 bits per heavy atom. The summed E-state index contributed by atoms with van der Waals surface area (Å²) in [5.41, 5.74) is 4.24. The second-order valence-electron chi connectivity index (χ2n) is 6.31. The highest BCUT2D eigenvalue weighted by Crippen LogP contribution is 2.22. The normalized spacial score (nSPS) is 18.7. The third kappa shape index (κ3) is 3.20. The maximum atomic E-state index is 5.73. The van der Waals surface area contributed by atoms with Crippen molar-refractivity contribution in [2.24, 2.45) is 0 Å². The Kier molecular flexibility index (Phi) is 3.53. The van der Waals surface area contributed by atoms with Crippen LogP contribution in [0.5, 0.6) is 0 Å². The third-order valence-electron chi connectivity index (χ3n) is 4.47. The average Bonchev–Trinajstić information content (AvgIpc) is 3.25. The van der Waals surface area contributed by atoms with Gasteiger partial charge in [-0.3, -0.25) is 4.90 Å². The number of fused-ring (bicyclic) bond motifs is 1. The second kappa shape index (κ2) is 5.66. The molecular formula is C18H22N2O. The highest BCUT2D eigenvalue weighted by atomic mass is 16.3. The summed E-state index contributed by atoms with van der Waals surface area (Å²) in [4.78, 5) is 2.47. The van der Waals surface area contributed by atoms with Crippen LogP contribution < -0.4 is 5.32 Å². The van der Waals surface area contributed by atoms with Gasteiger partial charge in [0.15, 0.2) is 0 Å². The van der Waals surface area contributed by atoms with Crippen LogP contribution in [0.15, 0.2) is 41.0 Å². The van der Waals surface area contributed by atoms with Gasteiger partial charge in [0, 0.05) is 31.2 Å². The minimum atomic E-state index is 0.752. The minimum absolute atomic E-state index is 0.752. The van der Waals surface area contributed by atoms with Gasteiger partial charge in [0.25, 0.3) is 0 Å². The van der Waals surface area contributed by atoms with Crippen molar-refractivity contribution in [3.8, 4) is 0 Å². The van der Waals surface area contributed by atoms with Crippen LogP contribution >= 0.6 is 0 Å². The molecule has 1 saturated carbocycles. The fourth-order valence-corrected chi connectivity index (χ4v) is 3.06. The molecule has 1 aromatic heterocycles. The van der Waals surface area contributed by atoms with Gasteiger partial charge in [0.1, 0.15) is 5.76 Å². The smallest absolute Gasteiger partial charge is 0.118 e. The largest absolute Gasteiger partial charge is 0.468 e. The SMILES string of the molecule is c1ccc2c(c1)CCN(Cc1cc(CNC3CC3)co1)C2. The molecular weight excluding hydrogens is 260 g/mol. The summed E-state index contributed by atoms with van der Waals surface area (Å²) in [6.07, 6.45) is 5.71. The lowest BCUT2D eigenvalue weighted by Crippen LogP contribution is -2.29. The maximum absolute atomic E-state index is 5.73. The number of furan rings is 1. The molecule has 0 atom stereocenters. The number of rotatable bonds is 5. The number of hydrogen-bond acceptors (Lipinski definition) is 3. The highest BCUT2D eigenvalue weighted by Gasteiger charge is 2.21. The molecule has 110 valence electrons. The fourth-order valence-electron chi connectivity index (χ4n) is 3.06. The van der Waals surface area contributed by atoms with Crippen molar-refractivity contribution in [1.29, 1.82) is 0 Å². The van der Waals surface area contributed by atoms with Gasteiger partial charge in [-0.25, -0.2) is 0 Å². The standard InChI is InChI=1S/C18H22N2O/c1-2-4-16-11-20(8-7-15(16)3-1)12-18-9-14(13-21-18)10-19-17-5-6-17/h1-4,9,13,17,19H,5-8,10-12H2. The quantitative estimate of drug-likeness (QED) is 0.913. The third-order valence-corrected chi connectivity index (χ3v) is 4.47. The zero-order chi connectivity index (χ0) is 14.1. The van der Waals surface area contributed by atoms with Crippen molar-refractivity contribution < 1.29 is 4.42 Å². The number of nitrogens with one attached hydrogen (secondary N) is 1. The Morgan fingerprint density at radius 2 is 2.05 bits per heavy atom. The van der Waals surface area contributed by atoms with Gasteiger partial charge in [-0.05, 0) is 36.5 Å². The van der Waals surface area contributed by atoms with E-state index in [2.05, 4.69) is 40.5 Å². The van der Waals surface area contributed by atoms with Crippen LogP contribution in [0, 0.1) is 0 Å². The van der Waals surface area contributed by atoms with Gasteiger partial charge >= 0.3 is 0 Å². The van der Waals surface area contributed by atoms with E-state index in [1.54, 1.807) is 0 Å². The molecule has 1 aliphatic carbocycles. The average molecular weight is 282 g/mol. The molecule has 0 saturated heterocycles. The van der Waals surface area contributed by atoms with Crippen molar-refractivity contribution in [3.63, 3.8) is 0 Å². The van der Waals surface area contributed by atoms with E-state index in [1.165, 1.54) is 29.5 Å². The summed E-state index contributed by atoms with van der Waals surface area (Å²) in [6.45, 7) is 4.01. The molecule has 0 spiro atoms. The van der Waals surface area contributed by atoms with Crippen LogP contribution in [0.2, 0.25) is 0 Å². The monoisotopic (exact) mass is 282 g/mol. The first-order valence-corrected chi connectivity index (χ1v) is 7.95. The summed E-state index contributed by atoms with van der Waals surface area (Å²) in [5.74, 6) is 1.09. The summed E-state index contributed by atoms with van der Waals surface area (Å²) < 4.78 is 5.73. The highest BCUT2D eigenvalue weighted by molar-refractivity contribution is 5.29. The van der Waals surface area contributed by atoms with Crippen molar-refractivity contribution in [2.75, 3.05) is 6.54 Å². The molecule has 1 fully saturated rings. The minimum Gasteiger partial charge on any atom is -0.468 e. The number of benzene rings is 1. The Hall–Kier alpha value is -1.58. The van der Waals surface area contributed by atoms with E-state index in [-0.39, 0.29) is 0 Å². The van der Waals surface area contributed by atoms with Crippen LogP contribution in [-0.2, 0) is 26.1 Å². The lowest BCUT2D eigenvalue weighted by molar-refractivity contribution is 0.226. The first-order chi connectivity index (χ1) is 10.4. The maximum Gasteiger partial charge on any atom is 0.118 e. The van der Waals surface area contributed by atoms with E-state index in [0.717, 1.165) is 44.4 Å². The summed E-state index contributed by atoms with van der Waals surface area (Å²) >= 11 is 0. The molecule has 1 aliphatic heterocycles. The molecule has 3 heteroatoms. The van der Waals surface area contributed by atoms with Gasteiger partial charge in [0.05, 0.1) is 12.8 Å². The van der Waals surface area contributed by atoms with Crippen LogP contribution in [0.1, 0.15) is 35.3 Å². The zero-order valence-electron chi connectivity index (χ0n) is 12.3. The van der Waals surface area contributed by atoms with Crippen molar-refractivity contribution in [2.45, 2.75) is 44.9 Å². The molecule has 0 unspecified atom stereocenters. The molecule has 3 nitrogen and oxygen atoms in total. The van der Waals surface area contributed by atoms with E-state index in [1.807, 2.05) is 6.26 Å². The topological polar surface area (TPSA) is 28.4 Å². The molecule has 0 amide bonds. The van der Waals surface area contributed by atoms with Crippen LogP contribution in [0.3, 0.4) is 0 Å². The first-order valence-electron chi connectivity index (χ1n) is 7.95. The molecule has 4 rings (SSSR count). The van der Waals surface area contributed by atoms with Gasteiger partial charge < -0.3 is 9.73 Å². The molecule has 2 aromatic rings. The Morgan fingerprint density at radius 1 is 1.19 bits per heavy atom. The van der Waals surface area contributed by atoms with E-state index in [4.69, 9.17) is 4.42 Å². The molecule has 1 N–H and O–H groups in total. The van der Waals surface area contributed by atoms with E-state index < -0.39 is 0 Å². The molecule has 0 bridgehead atoms. The van der Waals surface area contributed by atoms with Gasteiger partial charge in [-0.2, -0.15) is 0 Å². The van der Waals surface area contributed by atoms with E-state index >= 15 is 0 Å². The second-order valence-corrected chi connectivity index (χ2v) is 6.31. The molecule has 1 aromatic carbocycles. The molecule has 2 heterocycles. The molecule has 21 heavy (non-hydrogen) atoms. The summed E-state index contributed by atoms with van der Waals surface area (Å²) in [7, 11) is 0. The summed E-state index contributed by atoms with van der Waals surface area (Å²) in [5, 5.41) is 3.53. The predicted octanol–water partition coefficient (Wildman–Crippen LogP) is 3.09. The van der Waals surface area contributed by atoms with Crippen molar-refractivity contribution in [3.05, 3.63) is 59.0 Å². The number of hydrogen-bond donors (Lipinski definition) is 1. The van der Waals surface area contributed by atoms with E-state index in [0.29, 0.717) is 0 Å². The molecule has 2 aliphatic rings. The predicted molar refractivity (Wildman–Crippen MR) is 82.8 cm³/mol. The van der Waals surface area contributed by atoms with Gasteiger partial charge in [-0.1, -0.05) is 24.3 Å². The first kappa shape index (κ1) is 13.1. The van der Waals surface area contributed by atoms with Crippen LogP contribution in [0.4, 0.5) is 0 Å². The summed E-state index contributed by atoms with van der Waals surface area (Å²) in [6, 6.07) is 11.7. The Labute approximate surface area is 126 Å². The lowest BCUT2D eigenvalue weighted by Gasteiger charge is -2.27.